The summed E-state index contributed by atoms with van der Waals surface area (Å²) in [6.45, 7) is 5.96. The summed E-state index contributed by atoms with van der Waals surface area (Å²) in [4.78, 5) is 31.5. The number of carbonyl (C=O) groups excluding carboxylic acids is 2. The zero-order chi connectivity index (χ0) is 20.1. The first-order valence-electron chi connectivity index (χ1n) is 9.96. The number of para-hydroxylation sites is 1. The molecule has 0 saturated carbocycles. The fraction of sp³-hybridized carbons (Fsp3) is 0.571. The number of methoxy groups -OCH3 is 1. The first-order valence-corrected chi connectivity index (χ1v) is 10.8. The van der Waals surface area contributed by atoms with Crippen LogP contribution in [0.15, 0.2) is 24.3 Å². The Kier molecular flexibility index (Phi) is 7.02. The lowest BCUT2D eigenvalue weighted by molar-refractivity contribution is -0.146. The summed E-state index contributed by atoms with van der Waals surface area (Å²) in [6, 6.07) is 7.61. The smallest absolute Gasteiger partial charge is 0.328 e. The number of hydrogen-bond acceptors (Lipinski definition) is 6. The van der Waals surface area contributed by atoms with Crippen molar-refractivity contribution in [2.75, 3.05) is 26.7 Å². The number of benzene rings is 1. The lowest BCUT2D eigenvalue weighted by atomic mass is 9.98. The van der Waals surface area contributed by atoms with Crippen LogP contribution in [-0.4, -0.2) is 54.5 Å². The maximum atomic E-state index is 12.6. The SMILES string of the molecule is CC[C@H](C)[C@@H](NC(=O)CN1CCC[C@H](c2nc3ccccc3s2)C1)C(=O)OC. The van der Waals surface area contributed by atoms with E-state index in [1.54, 1.807) is 11.3 Å². The van der Waals surface area contributed by atoms with Gasteiger partial charge in [-0.2, -0.15) is 0 Å². The van der Waals surface area contributed by atoms with Crippen LogP contribution in [0.1, 0.15) is 44.0 Å². The Morgan fingerprint density at radius 3 is 2.89 bits per heavy atom. The lowest BCUT2D eigenvalue weighted by Gasteiger charge is -2.32. The van der Waals surface area contributed by atoms with Gasteiger partial charge in [0.05, 0.1) is 28.9 Å². The number of esters is 1. The van der Waals surface area contributed by atoms with E-state index in [2.05, 4.69) is 16.3 Å². The minimum atomic E-state index is -0.590. The predicted octanol–water partition coefficient (Wildman–Crippen LogP) is 3.18. The first kappa shape index (κ1) is 20.7. The molecule has 3 rings (SSSR count). The summed E-state index contributed by atoms with van der Waals surface area (Å²) >= 11 is 1.75. The van der Waals surface area contributed by atoms with Crippen LogP contribution >= 0.6 is 11.3 Å². The monoisotopic (exact) mass is 403 g/mol. The fourth-order valence-corrected chi connectivity index (χ4v) is 4.78. The van der Waals surface area contributed by atoms with Crippen LogP contribution < -0.4 is 5.32 Å². The van der Waals surface area contributed by atoms with E-state index < -0.39 is 6.04 Å². The van der Waals surface area contributed by atoms with Crippen LogP contribution in [0.25, 0.3) is 10.2 Å². The summed E-state index contributed by atoms with van der Waals surface area (Å²) in [5.41, 5.74) is 1.05. The van der Waals surface area contributed by atoms with Crippen LogP contribution in [0.4, 0.5) is 0 Å². The number of likely N-dealkylation sites (tertiary alicyclic amines) is 1. The number of fused-ring (bicyclic) bond motifs is 1. The second-order valence-corrected chi connectivity index (χ2v) is 8.61. The van der Waals surface area contributed by atoms with E-state index in [1.807, 2.05) is 32.0 Å². The molecule has 0 unspecified atom stereocenters. The zero-order valence-corrected chi connectivity index (χ0v) is 17.6. The van der Waals surface area contributed by atoms with Gasteiger partial charge in [0.15, 0.2) is 0 Å². The van der Waals surface area contributed by atoms with Gasteiger partial charge >= 0.3 is 5.97 Å². The van der Waals surface area contributed by atoms with Crippen molar-refractivity contribution in [3.8, 4) is 0 Å². The van der Waals surface area contributed by atoms with Crippen molar-refractivity contribution in [1.29, 1.82) is 0 Å². The van der Waals surface area contributed by atoms with E-state index in [0.29, 0.717) is 12.5 Å². The topological polar surface area (TPSA) is 71.5 Å². The average molecular weight is 404 g/mol. The highest BCUT2D eigenvalue weighted by Crippen LogP contribution is 2.32. The Morgan fingerprint density at radius 2 is 2.18 bits per heavy atom. The molecule has 7 heteroatoms. The van der Waals surface area contributed by atoms with Crippen molar-refractivity contribution >= 4 is 33.4 Å². The van der Waals surface area contributed by atoms with Crippen LogP contribution in [0.5, 0.6) is 0 Å². The highest BCUT2D eigenvalue weighted by Gasteiger charge is 2.29. The molecule has 3 atom stereocenters. The number of amides is 1. The highest BCUT2D eigenvalue weighted by molar-refractivity contribution is 7.18. The molecule has 1 amide bonds. The van der Waals surface area contributed by atoms with Gasteiger partial charge in [0.1, 0.15) is 6.04 Å². The summed E-state index contributed by atoms with van der Waals surface area (Å²) in [5, 5.41) is 4.02. The van der Waals surface area contributed by atoms with Crippen molar-refractivity contribution in [3.63, 3.8) is 0 Å². The molecule has 2 aromatic rings. The van der Waals surface area contributed by atoms with Crippen molar-refractivity contribution in [2.24, 2.45) is 5.92 Å². The molecule has 1 aromatic heterocycles. The van der Waals surface area contributed by atoms with Gasteiger partial charge in [-0.05, 0) is 37.4 Å². The van der Waals surface area contributed by atoms with Crippen molar-refractivity contribution in [2.45, 2.75) is 45.1 Å². The van der Waals surface area contributed by atoms with Gasteiger partial charge in [0.2, 0.25) is 5.91 Å². The summed E-state index contributed by atoms with van der Waals surface area (Å²) < 4.78 is 6.07. The molecule has 6 nitrogen and oxygen atoms in total. The Labute approximate surface area is 170 Å². The number of thiazole rings is 1. The normalized spacial score (nSPS) is 19.9. The molecule has 0 bridgehead atoms. The van der Waals surface area contributed by atoms with E-state index in [1.165, 1.54) is 11.8 Å². The van der Waals surface area contributed by atoms with Gasteiger partial charge in [-0.15, -0.1) is 11.3 Å². The standard InChI is InChI=1S/C21H29N3O3S/c1-4-14(2)19(21(26)27-3)23-18(25)13-24-11-7-8-15(12-24)20-22-16-9-5-6-10-17(16)28-20/h5-6,9-10,14-15,19H,4,7-8,11-13H2,1-3H3,(H,23,25)/t14-,15-,19+/m0/s1. The minimum absolute atomic E-state index is 0.0354. The van der Waals surface area contributed by atoms with Crippen molar-refractivity contribution in [1.82, 2.24) is 15.2 Å². The van der Waals surface area contributed by atoms with Gasteiger partial charge in [0, 0.05) is 12.5 Å². The maximum absolute atomic E-state index is 12.6. The maximum Gasteiger partial charge on any atom is 0.328 e. The van der Waals surface area contributed by atoms with Crippen LogP contribution in [0, 0.1) is 5.92 Å². The molecular formula is C21H29N3O3S. The number of rotatable bonds is 7. The molecule has 1 aliphatic heterocycles. The molecule has 0 radical (unpaired) electrons. The molecule has 1 aliphatic rings. The number of aromatic nitrogens is 1. The number of piperidine rings is 1. The third-order valence-corrected chi connectivity index (χ3v) is 6.72. The highest BCUT2D eigenvalue weighted by atomic mass is 32.1. The second-order valence-electron chi connectivity index (χ2n) is 7.55. The molecule has 28 heavy (non-hydrogen) atoms. The van der Waals surface area contributed by atoms with E-state index in [-0.39, 0.29) is 17.8 Å². The number of ether oxygens (including phenoxy) is 1. The Morgan fingerprint density at radius 1 is 1.39 bits per heavy atom. The first-order chi connectivity index (χ1) is 13.5. The van der Waals surface area contributed by atoms with Crippen LogP contribution in [-0.2, 0) is 14.3 Å². The Bertz CT molecular complexity index is 789. The molecule has 0 aliphatic carbocycles. The van der Waals surface area contributed by atoms with E-state index in [0.717, 1.165) is 42.9 Å². The largest absolute Gasteiger partial charge is 0.467 e. The molecule has 0 spiro atoms. The van der Waals surface area contributed by atoms with Crippen LogP contribution in [0.2, 0.25) is 0 Å². The zero-order valence-electron chi connectivity index (χ0n) is 16.8. The van der Waals surface area contributed by atoms with Crippen LogP contribution in [0.3, 0.4) is 0 Å². The fourth-order valence-electron chi connectivity index (χ4n) is 3.68. The Hall–Kier alpha value is -1.99. The molecular weight excluding hydrogens is 374 g/mol. The lowest BCUT2D eigenvalue weighted by Crippen LogP contribution is -2.50. The van der Waals surface area contributed by atoms with E-state index in [9.17, 15) is 9.59 Å². The number of nitrogens with one attached hydrogen (secondary N) is 1. The number of carbonyl (C=O) groups is 2. The Balaban J connectivity index is 1.60. The summed E-state index contributed by atoms with van der Waals surface area (Å²) in [5.74, 6) is -0.118. The average Bonchev–Trinajstić information content (AvgIpc) is 3.15. The van der Waals surface area contributed by atoms with Crippen molar-refractivity contribution < 1.29 is 14.3 Å². The molecule has 1 fully saturated rings. The van der Waals surface area contributed by atoms with Gasteiger partial charge in [-0.25, -0.2) is 9.78 Å². The summed E-state index contributed by atoms with van der Waals surface area (Å²) in [7, 11) is 1.36. The van der Waals surface area contributed by atoms with Crippen molar-refractivity contribution in [3.05, 3.63) is 29.3 Å². The third-order valence-electron chi connectivity index (χ3n) is 5.52. The molecule has 1 saturated heterocycles. The van der Waals surface area contributed by atoms with Gasteiger partial charge < -0.3 is 10.1 Å². The van der Waals surface area contributed by atoms with Gasteiger partial charge in [-0.3, -0.25) is 9.69 Å². The number of hydrogen-bond donors (Lipinski definition) is 1. The van der Waals surface area contributed by atoms with E-state index >= 15 is 0 Å². The predicted molar refractivity (Wildman–Crippen MR) is 111 cm³/mol. The molecule has 1 aromatic carbocycles. The van der Waals surface area contributed by atoms with E-state index in [4.69, 9.17) is 9.72 Å². The second kappa shape index (κ2) is 9.47. The quantitative estimate of drug-likeness (QED) is 0.719. The van der Waals surface area contributed by atoms with Gasteiger partial charge in [0.25, 0.3) is 0 Å². The molecule has 2 heterocycles. The third kappa shape index (κ3) is 4.89. The minimum Gasteiger partial charge on any atom is -0.467 e. The molecule has 152 valence electrons. The summed E-state index contributed by atoms with van der Waals surface area (Å²) in [6.07, 6.45) is 2.93. The molecule has 1 N–H and O–H groups in total. The van der Waals surface area contributed by atoms with Gasteiger partial charge in [-0.1, -0.05) is 32.4 Å². The number of nitrogens with zero attached hydrogens (tertiary/aromatic N) is 2.